The predicted octanol–water partition coefficient (Wildman–Crippen LogP) is 3.85. The van der Waals surface area contributed by atoms with Gasteiger partial charge in [0.15, 0.2) is 0 Å². The van der Waals surface area contributed by atoms with E-state index >= 15 is 0 Å². The summed E-state index contributed by atoms with van der Waals surface area (Å²) in [7, 11) is 1.66. The molecule has 138 valence electrons. The van der Waals surface area contributed by atoms with Gasteiger partial charge in [-0.2, -0.15) is 0 Å². The molecular weight excluding hydrogens is 326 g/mol. The summed E-state index contributed by atoms with van der Waals surface area (Å²) in [5, 5.41) is 6.14. The third-order valence-corrected chi connectivity index (χ3v) is 4.97. The molecule has 1 aromatic carbocycles. The van der Waals surface area contributed by atoms with Gasteiger partial charge in [0.25, 0.3) is 0 Å². The molecule has 1 saturated carbocycles. The minimum absolute atomic E-state index is 0.000730. The standard InChI is InChI=1S/C21H27N3O2/c1-26-18-12-10-16(11-13-18)19(20-9-5-6-14-22-20)15-23-21(25)24-17-7-3-2-4-8-17/h5-6,9-14,17,19H,2-4,7-8,15H2,1H3,(H2,23,24,25). The van der Waals surface area contributed by atoms with Crippen molar-refractivity contribution in [2.24, 2.45) is 0 Å². The Morgan fingerprint density at radius 3 is 2.58 bits per heavy atom. The molecule has 3 rings (SSSR count). The number of hydrogen-bond acceptors (Lipinski definition) is 3. The summed E-state index contributed by atoms with van der Waals surface area (Å²) in [6, 6.07) is 14.0. The van der Waals surface area contributed by atoms with Gasteiger partial charge < -0.3 is 15.4 Å². The van der Waals surface area contributed by atoms with Crippen molar-refractivity contribution in [3.05, 3.63) is 59.9 Å². The van der Waals surface area contributed by atoms with Gasteiger partial charge in [-0.15, -0.1) is 0 Å². The monoisotopic (exact) mass is 353 g/mol. The number of nitrogens with zero attached hydrogens (tertiary/aromatic N) is 1. The van der Waals surface area contributed by atoms with Crippen LogP contribution in [0, 0.1) is 0 Å². The van der Waals surface area contributed by atoms with Crippen molar-refractivity contribution in [1.82, 2.24) is 15.6 Å². The molecule has 5 nitrogen and oxygen atoms in total. The van der Waals surface area contributed by atoms with Crippen LogP contribution in [0.5, 0.6) is 5.75 Å². The molecule has 0 radical (unpaired) electrons. The minimum atomic E-state index is -0.0913. The molecule has 2 aromatic rings. The second-order valence-corrected chi connectivity index (χ2v) is 6.77. The molecule has 1 aromatic heterocycles. The number of methoxy groups -OCH3 is 1. The lowest BCUT2D eigenvalue weighted by atomic mass is 9.94. The molecule has 5 heteroatoms. The van der Waals surface area contributed by atoms with Crippen molar-refractivity contribution in [2.75, 3.05) is 13.7 Å². The lowest BCUT2D eigenvalue weighted by Gasteiger charge is -2.24. The Kier molecular flexibility index (Phi) is 6.47. The third kappa shape index (κ3) is 4.97. The fraction of sp³-hybridized carbons (Fsp3) is 0.429. The summed E-state index contributed by atoms with van der Waals surface area (Å²) < 4.78 is 5.24. The van der Waals surface area contributed by atoms with Crippen LogP contribution in [0.4, 0.5) is 4.79 Å². The van der Waals surface area contributed by atoms with E-state index in [1.54, 1.807) is 13.3 Å². The summed E-state index contributed by atoms with van der Waals surface area (Å²) in [6.07, 6.45) is 7.62. The van der Waals surface area contributed by atoms with Gasteiger partial charge in [0.2, 0.25) is 0 Å². The highest BCUT2D eigenvalue weighted by Crippen LogP contribution is 2.24. The van der Waals surface area contributed by atoms with Gasteiger partial charge in [0.1, 0.15) is 5.75 Å². The molecule has 1 unspecified atom stereocenters. The second kappa shape index (κ2) is 9.22. The lowest BCUT2D eigenvalue weighted by molar-refractivity contribution is 0.232. The zero-order valence-corrected chi connectivity index (χ0v) is 15.3. The number of urea groups is 1. The minimum Gasteiger partial charge on any atom is -0.497 e. The molecule has 0 spiro atoms. The van der Waals surface area contributed by atoms with Crippen molar-refractivity contribution >= 4 is 6.03 Å². The van der Waals surface area contributed by atoms with Crippen LogP contribution in [0.2, 0.25) is 0 Å². The highest BCUT2D eigenvalue weighted by atomic mass is 16.5. The van der Waals surface area contributed by atoms with Crippen LogP contribution >= 0.6 is 0 Å². The number of ether oxygens (including phenoxy) is 1. The first-order chi connectivity index (χ1) is 12.8. The average molecular weight is 353 g/mol. The van der Waals surface area contributed by atoms with Crippen molar-refractivity contribution in [3.8, 4) is 5.75 Å². The highest BCUT2D eigenvalue weighted by Gasteiger charge is 2.19. The Balaban J connectivity index is 1.66. The smallest absolute Gasteiger partial charge is 0.315 e. The molecule has 1 aliphatic carbocycles. The van der Waals surface area contributed by atoms with Crippen LogP contribution in [-0.4, -0.2) is 30.7 Å². The first-order valence-corrected chi connectivity index (χ1v) is 9.35. The Hall–Kier alpha value is -2.56. The maximum Gasteiger partial charge on any atom is 0.315 e. The Morgan fingerprint density at radius 1 is 1.15 bits per heavy atom. The number of aromatic nitrogens is 1. The second-order valence-electron chi connectivity index (χ2n) is 6.77. The van der Waals surface area contributed by atoms with E-state index in [4.69, 9.17) is 4.74 Å². The van der Waals surface area contributed by atoms with Gasteiger partial charge in [-0.3, -0.25) is 4.98 Å². The van der Waals surface area contributed by atoms with Crippen LogP contribution in [0.25, 0.3) is 0 Å². The fourth-order valence-electron chi connectivity index (χ4n) is 3.49. The van der Waals surface area contributed by atoms with Crippen molar-refractivity contribution in [1.29, 1.82) is 0 Å². The molecule has 1 heterocycles. The predicted molar refractivity (Wildman–Crippen MR) is 102 cm³/mol. The molecular formula is C21H27N3O2. The molecule has 1 fully saturated rings. The Labute approximate surface area is 155 Å². The van der Waals surface area contributed by atoms with Crippen molar-refractivity contribution in [2.45, 2.75) is 44.1 Å². The largest absolute Gasteiger partial charge is 0.497 e. The molecule has 1 atom stereocenters. The third-order valence-electron chi connectivity index (χ3n) is 4.97. The van der Waals surface area contributed by atoms with E-state index in [0.29, 0.717) is 12.6 Å². The molecule has 1 aliphatic rings. The highest BCUT2D eigenvalue weighted by molar-refractivity contribution is 5.74. The number of hydrogen-bond donors (Lipinski definition) is 2. The summed E-state index contributed by atoms with van der Waals surface area (Å²) in [5.74, 6) is 0.815. The van der Waals surface area contributed by atoms with Crippen LogP contribution in [0.15, 0.2) is 48.7 Å². The number of carbonyl (C=O) groups is 1. The average Bonchev–Trinajstić information content (AvgIpc) is 2.70. The summed E-state index contributed by atoms with van der Waals surface area (Å²) >= 11 is 0. The van der Waals surface area contributed by atoms with E-state index < -0.39 is 0 Å². The van der Waals surface area contributed by atoms with Crippen LogP contribution in [0.1, 0.15) is 49.3 Å². The van der Waals surface area contributed by atoms with Gasteiger partial charge in [-0.05, 0) is 42.7 Å². The molecule has 0 aliphatic heterocycles. The van der Waals surface area contributed by atoms with E-state index in [-0.39, 0.29) is 11.9 Å². The number of rotatable bonds is 6. The number of benzene rings is 1. The van der Waals surface area contributed by atoms with E-state index in [9.17, 15) is 4.79 Å². The first kappa shape index (κ1) is 18.2. The lowest BCUT2D eigenvalue weighted by Crippen LogP contribution is -2.44. The normalized spacial score (nSPS) is 15.9. The topological polar surface area (TPSA) is 63.2 Å². The van der Waals surface area contributed by atoms with Crippen molar-refractivity contribution in [3.63, 3.8) is 0 Å². The zero-order valence-electron chi connectivity index (χ0n) is 15.3. The van der Waals surface area contributed by atoms with Crippen LogP contribution in [-0.2, 0) is 0 Å². The molecule has 0 bridgehead atoms. The van der Waals surface area contributed by atoms with Gasteiger partial charge in [0, 0.05) is 30.4 Å². The SMILES string of the molecule is COc1ccc(C(CNC(=O)NC2CCCCC2)c2ccccn2)cc1. The number of pyridine rings is 1. The maximum atomic E-state index is 12.3. The van der Waals surface area contributed by atoms with E-state index in [2.05, 4.69) is 15.6 Å². The number of carbonyl (C=O) groups excluding carboxylic acids is 1. The Bertz CT molecular complexity index is 682. The summed E-state index contributed by atoms with van der Waals surface area (Å²) in [5.41, 5.74) is 2.04. The van der Waals surface area contributed by atoms with Crippen molar-refractivity contribution < 1.29 is 9.53 Å². The maximum absolute atomic E-state index is 12.3. The van der Waals surface area contributed by atoms with Gasteiger partial charge >= 0.3 is 6.03 Å². The first-order valence-electron chi connectivity index (χ1n) is 9.35. The fourth-order valence-corrected chi connectivity index (χ4v) is 3.49. The molecule has 0 saturated heterocycles. The Morgan fingerprint density at radius 2 is 1.92 bits per heavy atom. The summed E-state index contributed by atoms with van der Waals surface area (Å²) in [6.45, 7) is 0.502. The van der Waals surface area contributed by atoms with E-state index in [1.165, 1.54) is 19.3 Å². The quantitative estimate of drug-likeness (QED) is 0.829. The molecule has 2 N–H and O–H groups in total. The van der Waals surface area contributed by atoms with E-state index in [0.717, 1.165) is 29.8 Å². The van der Waals surface area contributed by atoms with Gasteiger partial charge in [0.05, 0.1) is 7.11 Å². The van der Waals surface area contributed by atoms with Gasteiger partial charge in [-0.1, -0.05) is 37.5 Å². The van der Waals surface area contributed by atoms with E-state index in [1.807, 2.05) is 42.5 Å². The zero-order chi connectivity index (χ0) is 18.2. The number of amides is 2. The van der Waals surface area contributed by atoms with Gasteiger partial charge in [-0.25, -0.2) is 4.79 Å². The molecule has 2 amide bonds. The van der Waals surface area contributed by atoms with Crippen LogP contribution in [0.3, 0.4) is 0 Å². The molecule has 26 heavy (non-hydrogen) atoms. The number of nitrogens with one attached hydrogen (secondary N) is 2. The van der Waals surface area contributed by atoms with Crippen LogP contribution < -0.4 is 15.4 Å². The summed E-state index contributed by atoms with van der Waals surface area (Å²) in [4.78, 5) is 16.8.